The average molecular weight is 434 g/mol. The van der Waals surface area contributed by atoms with Crippen molar-refractivity contribution in [3.05, 3.63) is 95.3 Å². The third-order valence-corrected chi connectivity index (χ3v) is 5.57. The number of aromatic nitrogens is 2. The van der Waals surface area contributed by atoms with Crippen molar-refractivity contribution in [1.82, 2.24) is 14.9 Å². The van der Waals surface area contributed by atoms with Crippen LogP contribution >= 0.6 is 11.6 Å². The molecule has 0 spiro atoms. The molecule has 1 heterocycles. The van der Waals surface area contributed by atoms with E-state index in [1.807, 2.05) is 18.2 Å². The van der Waals surface area contributed by atoms with Crippen molar-refractivity contribution in [1.29, 1.82) is 0 Å². The Morgan fingerprint density at radius 3 is 2.68 bits per heavy atom. The van der Waals surface area contributed by atoms with Gasteiger partial charge in [-0.3, -0.25) is 9.36 Å². The molecule has 0 saturated heterocycles. The van der Waals surface area contributed by atoms with Crippen molar-refractivity contribution in [2.45, 2.75) is 33.1 Å². The van der Waals surface area contributed by atoms with Gasteiger partial charge in [-0.1, -0.05) is 62.4 Å². The zero-order valence-electron chi connectivity index (χ0n) is 18.1. The summed E-state index contributed by atoms with van der Waals surface area (Å²) in [4.78, 5) is 17.6. The van der Waals surface area contributed by atoms with E-state index in [1.165, 1.54) is 11.6 Å². The second-order valence-electron chi connectivity index (χ2n) is 7.47. The summed E-state index contributed by atoms with van der Waals surface area (Å²) in [6.07, 6.45) is 6.19. The number of imidazole rings is 1. The van der Waals surface area contributed by atoms with Crippen molar-refractivity contribution in [2.75, 3.05) is 6.54 Å². The largest absolute Gasteiger partial charge is 0.348 e. The second kappa shape index (κ2) is 10.3. The second-order valence-corrected chi connectivity index (χ2v) is 7.88. The number of carbonyl (C=O) groups is 1. The minimum Gasteiger partial charge on any atom is -0.348 e. The highest BCUT2D eigenvalue weighted by Crippen LogP contribution is 2.24. The summed E-state index contributed by atoms with van der Waals surface area (Å²) in [6.45, 7) is 11.9. The number of allylic oxidation sites excluding steroid dienone is 2. The zero-order chi connectivity index (χ0) is 22.4. The van der Waals surface area contributed by atoms with E-state index in [0.29, 0.717) is 10.6 Å². The highest BCUT2D eigenvalue weighted by Gasteiger charge is 2.15. The Bertz CT molecular complexity index is 1160. The summed E-state index contributed by atoms with van der Waals surface area (Å²) >= 11 is 6.10. The van der Waals surface area contributed by atoms with Gasteiger partial charge in [0.05, 0.1) is 11.0 Å². The standard InChI is InChI=1S/C26H28ClN3O/c1-5-8-12-25-29-23-16-20(26(31)28-17-19(6-2)22(27)7-3)13-14-24(23)30(25)21-11-9-10-18(4)15-21/h6-7,9-11,13-16H,2-3,5,8,12,17H2,1,4H3,(H,28,31). The number of carbonyl (C=O) groups excluding carboxylic acids is 1. The van der Waals surface area contributed by atoms with Gasteiger partial charge in [-0.25, -0.2) is 4.98 Å². The first-order valence-electron chi connectivity index (χ1n) is 10.5. The van der Waals surface area contributed by atoms with Gasteiger partial charge in [0.1, 0.15) is 5.82 Å². The predicted octanol–water partition coefficient (Wildman–Crippen LogP) is 6.27. The lowest BCUT2D eigenvalue weighted by Crippen LogP contribution is -2.25. The fraction of sp³-hybridized carbons (Fsp3) is 0.231. The molecule has 1 amide bonds. The van der Waals surface area contributed by atoms with Gasteiger partial charge in [0.25, 0.3) is 5.91 Å². The molecule has 3 rings (SSSR count). The van der Waals surface area contributed by atoms with Gasteiger partial charge >= 0.3 is 0 Å². The first-order chi connectivity index (χ1) is 15.0. The molecule has 0 fully saturated rings. The van der Waals surface area contributed by atoms with E-state index < -0.39 is 0 Å². The van der Waals surface area contributed by atoms with Crippen LogP contribution in [-0.4, -0.2) is 22.0 Å². The van der Waals surface area contributed by atoms with Crippen molar-refractivity contribution in [3.8, 4) is 5.69 Å². The van der Waals surface area contributed by atoms with E-state index >= 15 is 0 Å². The maximum absolute atomic E-state index is 12.7. The number of nitrogens with zero attached hydrogens (tertiary/aromatic N) is 2. The van der Waals surface area contributed by atoms with Crippen molar-refractivity contribution in [3.63, 3.8) is 0 Å². The molecule has 0 radical (unpaired) electrons. The molecule has 5 heteroatoms. The van der Waals surface area contributed by atoms with Crippen LogP contribution in [0.2, 0.25) is 0 Å². The van der Waals surface area contributed by atoms with E-state index in [4.69, 9.17) is 16.6 Å². The highest BCUT2D eigenvalue weighted by molar-refractivity contribution is 6.31. The van der Waals surface area contributed by atoms with Gasteiger partial charge in [0.15, 0.2) is 0 Å². The zero-order valence-corrected chi connectivity index (χ0v) is 18.9. The summed E-state index contributed by atoms with van der Waals surface area (Å²) < 4.78 is 2.20. The molecule has 160 valence electrons. The van der Waals surface area contributed by atoms with Crippen LogP contribution in [0.4, 0.5) is 0 Å². The topological polar surface area (TPSA) is 46.9 Å². The Kier molecular flexibility index (Phi) is 7.48. The number of amides is 1. The SMILES string of the molecule is C=CC(Cl)=C(C=C)CNC(=O)c1ccc2c(c1)nc(CCCC)n2-c1cccc(C)c1. The Morgan fingerprint density at radius 2 is 2.00 bits per heavy atom. The fourth-order valence-electron chi connectivity index (χ4n) is 3.49. The maximum Gasteiger partial charge on any atom is 0.251 e. The lowest BCUT2D eigenvalue weighted by molar-refractivity contribution is 0.0957. The molecular formula is C26H28ClN3O. The predicted molar refractivity (Wildman–Crippen MR) is 130 cm³/mol. The molecule has 0 aliphatic heterocycles. The molecule has 0 aliphatic carbocycles. The van der Waals surface area contributed by atoms with E-state index in [-0.39, 0.29) is 12.5 Å². The molecule has 0 saturated carbocycles. The molecular weight excluding hydrogens is 406 g/mol. The first kappa shape index (κ1) is 22.6. The number of rotatable bonds is 9. The van der Waals surface area contributed by atoms with E-state index in [2.05, 4.69) is 61.2 Å². The van der Waals surface area contributed by atoms with E-state index in [0.717, 1.165) is 47.4 Å². The Labute approximate surface area is 188 Å². The summed E-state index contributed by atoms with van der Waals surface area (Å²) in [7, 11) is 0. The van der Waals surface area contributed by atoms with Crippen molar-refractivity contribution >= 4 is 28.5 Å². The van der Waals surface area contributed by atoms with Crippen LogP contribution < -0.4 is 5.32 Å². The Morgan fingerprint density at radius 1 is 1.19 bits per heavy atom. The third-order valence-electron chi connectivity index (χ3n) is 5.17. The monoisotopic (exact) mass is 433 g/mol. The number of unbranched alkanes of at least 4 members (excludes halogenated alkanes) is 1. The van der Waals surface area contributed by atoms with E-state index in [9.17, 15) is 4.79 Å². The molecule has 4 nitrogen and oxygen atoms in total. The third kappa shape index (κ3) is 5.15. The molecule has 0 aliphatic rings. The van der Waals surface area contributed by atoms with Gasteiger partial charge in [-0.05, 0) is 54.8 Å². The van der Waals surface area contributed by atoms with Crippen LogP contribution in [0.1, 0.15) is 41.5 Å². The van der Waals surface area contributed by atoms with Crippen molar-refractivity contribution < 1.29 is 4.79 Å². The number of nitrogens with one attached hydrogen (secondary N) is 1. The van der Waals surface area contributed by atoms with Gasteiger partial charge in [0.2, 0.25) is 0 Å². The van der Waals surface area contributed by atoms with Gasteiger partial charge in [0, 0.05) is 29.2 Å². The number of hydrogen-bond donors (Lipinski definition) is 1. The molecule has 1 aromatic heterocycles. The summed E-state index contributed by atoms with van der Waals surface area (Å²) in [5.74, 6) is 0.824. The summed E-state index contributed by atoms with van der Waals surface area (Å²) in [6, 6.07) is 14.0. The lowest BCUT2D eigenvalue weighted by atomic mass is 10.1. The Hall–Kier alpha value is -3.11. The number of fused-ring (bicyclic) bond motifs is 1. The molecule has 3 aromatic rings. The minimum absolute atomic E-state index is 0.185. The molecule has 0 unspecified atom stereocenters. The maximum atomic E-state index is 12.7. The number of benzene rings is 2. The number of halogens is 1. The molecule has 0 bridgehead atoms. The van der Waals surface area contributed by atoms with Crippen LogP contribution in [-0.2, 0) is 6.42 Å². The molecule has 1 N–H and O–H groups in total. The first-order valence-corrected chi connectivity index (χ1v) is 10.9. The van der Waals surface area contributed by atoms with Crippen molar-refractivity contribution in [2.24, 2.45) is 0 Å². The van der Waals surface area contributed by atoms with Crippen LogP contribution in [0.25, 0.3) is 16.7 Å². The number of aryl methyl sites for hydroxylation is 2. The lowest BCUT2D eigenvalue weighted by Gasteiger charge is -2.10. The fourth-order valence-corrected chi connectivity index (χ4v) is 3.64. The van der Waals surface area contributed by atoms with Crippen LogP contribution in [0.5, 0.6) is 0 Å². The molecule has 2 aromatic carbocycles. The highest BCUT2D eigenvalue weighted by atomic mass is 35.5. The molecule has 31 heavy (non-hydrogen) atoms. The van der Waals surface area contributed by atoms with Gasteiger partial charge in [-0.15, -0.1) is 0 Å². The average Bonchev–Trinajstić information content (AvgIpc) is 3.15. The normalized spacial score (nSPS) is 11.8. The van der Waals surface area contributed by atoms with Crippen LogP contribution in [0.15, 0.2) is 78.4 Å². The Balaban J connectivity index is 1.96. The minimum atomic E-state index is -0.185. The van der Waals surface area contributed by atoms with Crippen LogP contribution in [0, 0.1) is 6.92 Å². The summed E-state index contributed by atoms with van der Waals surface area (Å²) in [5.41, 5.74) is 5.36. The van der Waals surface area contributed by atoms with Crippen LogP contribution in [0.3, 0.4) is 0 Å². The smallest absolute Gasteiger partial charge is 0.251 e. The van der Waals surface area contributed by atoms with Gasteiger partial charge < -0.3 is 5.32 Å². The van der Waals surface area contributed by atoms with Gasteiger partial charge in [-0.2, -0.15) is 0 Å². The molecule has 0 atom stereocenters. The quantitative estimate of drug-likeness (QED) is 0.404. The number of hydrogen-bond acceptors (Lipinski definition) is 2. The summed E-state index contributed by atoms with van der Waals surface area (Å²) in [5, 5.41) is 3.37. The van der Waals surface area contributed by atoms with E-state index in [1.54, 1.807) is 6.08 Å².